The fourth-order valence-corrected chi connectivity index (χ4v) is 2.13. The number of rotatable bonds is 6. The van der Waals surface area contributed by atoms with Gasteiger partial charge in [-0.3, -0.25) is 4.79 Å². The highest BCUT2D eigenvalue weighted by Crippen LogP contribution is 2.07. The zero-order chi connectivity index (χ0) is 15.2. The van der Waals surface area contributed by atoms with E-state index in [0.29, 0.717) is 24.6 Å². The molecule has 0 saturated heterocycles. The normalized spacial score (nSPS) is 9.87. The van der Waals surface area contributed by atoms with Crippen LogP contribution in [0.4, 0.5) is 5.69 Å². The molecular weight excluding hydrogens is 335 g/mol. The molecule has 2 rings (SSSR count). The number of imidazole rings is 1. The minimum atomic E-state index is -0.0149. The van der Waals surface area contributed by atoms with Crippen molar-refractivity contribution in [2.45, 2.75) is 33.4 Å². The summed E-state index contributed by atoms with van der Waals surface area (Å²) in [4.78, 5) is 16.2. The number of anilines is 1. The first-order valence-corrected chi connectivity index (χ1v) is 7.15. The lowest BCUT2D eigenvalue weighted by molar-refractivity contribution is -0.120. The highest BCUT2D eigenvalue weighted by molar-refractivity contribution is 5.85. The first-order chi connectivity index (χ1) is 10.0. The Balaban J connectivity index is 0.00000242. The van der Waals surface area contributed by atoms with Crippen LogP contribution >= 0.6 is 24.8 Å². The summed E-state index contributed by atoms with van der Waals surface area (Å²) in [5.74, 6) is 1.41. The summed E-state index contributed by atoms with van der Waals surface area (Å²) >= 11 is 0. The number of carbonyl (C=O) groups is 1. The molecule has 1 amide bonds. The van der Waals surface area contributed by atoms with Crippen LogP contribution in [-0.4, -0.2) is 15.5 Å². The van der Waals surface area contributed by atoms with Crippen molar-refractivity contribution in [1.82, 2.24) is 14.9 Å². The number of aromatic nitrogens is 2. The van der Waals surface area contributed by atoms with Crippen LogP contribution in [-0.2, 0) is 24.3 Å². The van der Waals surface area contributed by atoms with Gasteiger partial charge in [0.25, 0.3) is 0 Å². The second kappa shape index (κ2) is 10.1. The van der Waals surface area contributed by atoms with Crippen LogP contribution in [0.5, 0.6) is 0 Å². The molecule has 3 N–H and O–H groups in total. The maximum Gasteiger partial charge on any atom is 0.224 e. The topological polar surface area (TPSA) is 72.9 Å². The average Bonchev–Trinajstić information content (AvgIpc) is 2.85. The molecule has 0 saturated carbocycles. The minimum absolute atomic E-state index is 0. The van der Waals surface area contributed by atoms with Crippen LogP contribution in [0.15, 0.2) is 36.7 Å². The molecule has 1 heterocycles. The third-order valence-corrected chi connectivity index (χ3v) is 3.15. The third kappa shape index (κ3) is 6.93. The van der Waals surface area contributed by atoms with Gasteiger partial charge < -0.3 is 15.6 Å². The molecule has 23 heavy (non-hydrogen) atoms. The third-order valence-electron chi connectivity index (χ3n) is 3.15. The van der Waals surface area contributed by atoms with Gasteiger partial charge in [-0.1, -0.05) is 26.0 Å². The van der Waals surface area contributed by atoms with Gasteiger partial charge in [-0.25, -0.2) is 4.98 Å². The Hall–Kier alpha value is -1.72. The summed E-state index contributed by atoms with van der Waals surface area (Å²) in [6.45, 7) is 5.67. The second-order valence-corrected chi connectivity index (χ2v) is 5.58. The molecule has 0 aliphatic heterocycles. The van der Waals surface area contributed by atoms with E-state index in [1.165, 1.54) is 0 Å². The summed E-state index contributed by atoms with van der Waals surface area (Å²) in [7, 11) is 0. The van der Waals surface area contributed by atoms with E-state index in [1.807, 2.05) is 18.3 Å². The zero-order valence-corrected chi connectivity index (χ0v) is 15.0. The number of hydrogen-bond donors (Lipinski definition) is 2. The van der Waals surface area contributed by atoms with Gasteiger partial charge in [-0.2, -0.15) is 0 Å². The molecule has 0 fully saturated rings. The van der Waals surface area contributed by atoms with Crippen LogP contribution < -0.4 is 11.1 Å². The van der Waals surface area contributed by atoms with E-state index in [1.54, 1.807) is 18.3 Å². The fraction of sp³-hybridized carbons (Fsp3) is 0.375. The summed E-state index contributed by atoms with van der Waals surface area (Å²) in [6, 6.07) is 7.35. The first-order valence-electron chi connectivity index (χ1n) is 7.15. The summed E-state index contributed by atoms with van der Waals surface area (Å²) in [5, 5.41) is 2.91. The Morgan fingerprint density at radius 3 is 2.52 bits per heavy atom. The number of nitrogens with zero attached hydrogens (tertiary/aromatic N) is 2. The molecule has 0 spiro atoms. The van der Waals surface area contributed by atoms with Gasteiger partial charge in [-0.15, -0.1) is 24.8 Å². The van der Waals surface area contributed by atoms with Crippen molar-refractivity contribution in [3.8, 4) is 0 Å². The molecule has 1 aromatic heterocycles. The second-order valence-electron chi connectivity index (χ2n) is 5.58. The van der Waals surface area contributed by atoms with E-state index in [0.717, 1.165) is 17.9 Å². The molecule has 7 heteroatoms. The van der Waals surface area contributed by atoms with Crippen LogP contribution in [0, 0.1) is 5.92 Å². The maximum atomic E-state index is 11.9. The Morgan fingerprint density at radius 1 is 1.26 bits per heavy atom. The van der Waals surface area contributed by atoms with Crippen molar-refractivity contribution >= 4 is 36.4 Å². The van der Waals surface area contributed by atoms with Gasteiger partial charge in [0, 0.05) is 24.6 Å². The molecule has 0 unspecified atom stereocenters. The van der Waals surface area contributed by atoms with E-state index < -0.39 is 0 Å². The van der Waals surface area contributed by atoms with Crippen molar-refractivity contribution in [3.63, 3.8) is 0 Å². The van der Waals surface area contributed by atoms with Crippen molar-refractivity contribution < 1.29 is 4.79 Å². The molecule has 0 atom stereocenters. The lowest BCUT2D eigenvalue weighted by Crippen LogP contribution is -2.26. The molecule has 0 aliphatic carbocycles. The zero-order valence-electron chi connectivity index (χ0n) is 13.4. The van der Waals surface area contributed by atoms with Crippen molar-refractivity contribution in [1.29, 1.82) is 0 Å². The molecule has 0 radical (unpaired) electrons. The van der Waals surface area contributed by atoms with Crippen LogP contribution in [0.25, 0.3) is 0 Å². The monoisotopic (exact) mass is 358 g/mol. The Kier molecular flexibility index (Phi) is 9.37. The standard InChI is InChI=1S/C16H22N4O.2ClH/c1-12(2)11-20-8-7-18-15(20)10-19-16(21)9-13-3-5-14(17)6-4-13;;/h3-8,12H,9-11,17H2,1-2H3,(H,19,21);2*1H. The predicted octanol–water partition coefficient (Wildman–Crippen LogP) is 2.82. The molecule has 2 aromatic rings. The van der Waals surface area contributed by atoms with Crippen molar-refractivity contribution in [2.24, 2.45) is 5.92 Å². The predicted molar refractivity (Wildman–Crippen MR) is 98.0 cm³/mol. The van der Waals surface area contributed by atoms with Crippen molar-refractivity contribution in [2.75, 3.05) is 5.73 Å². The minimum Gasteiger partial charge on any atom is -0.399 e. The Bertz CT molecular complexity index is 596. The quantitative estimate of drug-likeness (QED) is 0.779. The summed E-state index contributed by atoms with van der Waals surface area (Å²) in [5.41, 5.74) is 7.28. The van der Waals surface area contributed by atoms with Crippen LogP contribution in [0.3, 0.4) is 0 Å². The lowest BCUT2D eigenvalue weighted by Gasteiger charge is -2.11. The number of nitrogen functional groups attached to an aromatic ring is 1. The molecule has 0 bridgehead atoms. The van der Waals surface area contributed by atoms with E-state index in [2.05, 4.69) is 28.7 Å². The van der Waals surface area contributed by atoms with Gasteiger partial charge >= 0.3 is 0 Å². The largest absolute Gasteiger partial charge is 0.399 e. The molecule has 5 nitrogen and oxygen atoms in total. The summed E-state index contributed by atoms with van der Waals surface area (Å²) < 4.78 is 2.08. The molecule has 0 aliphatic rings. The number of nitrogens with two attached hydrogens (primary N) is 1. The van der Waals surface area contributed by atoms with Gasteiger partial charge in [0.15, 0.2) is 0 Å². The number of hydrogen-bond acceptors (Lipinski definition) is 3. The lowest BCUT2D eigenvalue weighted by atomic mass is 10.1. The number of halogens is 2. The Labute approximate surface area is 149 Å². The van der Waals surface area contributed by atoms with Gasteiger partial charge in [0.2, 0.25) is 5.91 Å². The average molecular weight is 359 g/mol. The molecule has 1 aromatic carbocycles. The smallest absolute Gasteiger partial charge is 0.224 e. The first kappa shape index (κ1) is 21.3. The number of amides is 1. The SMILES string of the molecule is CC(C)Cn1ccnc1CNC(=O)Cc1ccc(N)cc1.Cl.Cl. The number of nitrogens with one attached hydrogen (secondary N) is 1. The van der Waals surface area contributed by atoms with Crippen molar-refractivity contribution in [3.05, 3.63) is 48.0 Å². The fourth-order valence-electron chi connectivity index (χ4n) is 2.13. The Morgan fingerprint density at radius 2 is 1.91 bits per heavy atom. The van der Waals surface area contributed by atoms with Gasteiger partial charge in [-0.05, 0) is 23.6 Å². The maximum absolute atomic E-state index is 11.9. The van der Waals surface area contributed by atoms with Gasteiger partial charge in [0.1, 0.15) is 5.82 Å². The number of carbonyl (C=O) groups excluding carboxylic acids is 1. The highest BCUT2D eigenvalue weighted by atomic mass is 35.5. The van der Waals surface area contributed by atoms with Crippen LogP contribution in [0.1, 0.15) is 25.2 Å². The summed E-state index contributed by atoms with van der Waals surface area (Å²) in [6.07, 6.45) is 4.07. The van der Waals surface area contributed by atoms with E-state index in [-0.39, 0.29) is 30.7 Å². The van der Waals surface area contributed by atoms with E-state index in [9.17, 15) is 4.79 Å². The van der Waals surface area contributed by atoms with E-state index in [4.69, 9.17) is 5.73 Å². The molecule has 128 valence electrons. The van der Waals surface area contributed by atoms with E-state index >= 15 is 0 Å². The molecular formula is C16H24Cl2N4O. The van der Waals surface area contributed by atoms with Crippen LogP contribution in [0.2, 0.25) is 0 Å². The number of benzene rings is 1. The van der Waals surface area contributed by atoms with Gasteiger partial charge in [0.05, 0.1) is 13.0 Å². The highest BCUT2D eigenvalue weighted by Gasteiger charge is 2.07.